The van der Waals surface area contributed by atoms with Gasteiger partial charge in [0, 0.05) is 5.69 Å². The van der Waals surface area contributed by atoms with Gasteiger partial charge >= 0.3 is 5.97 Å². The van der Waals surface area contributed by atoms with Crippen LogP contribution in [0.5, 0.6) is 5.75 Å². The topological polar surface area (TPSA) is 64.6 Å². The molecule has 0 fully saturated rings. The SMILES string of the molecule is Cc1ccc(OCC(=O)OCC(=O)Nc2ccc(F)c(Cl)c2)c(C)c1. The first-order valence-electron chi connectivity index (χ1n) is 7.45. The van der Waals surface area contributed by atoms with E-state index in [2.05, 4.69) is 5.32 Å². The van der Waals surface area contributed by atoms with Crippen LogP contribution in [-0.2, 0) is 14.3 Å². The van der Waals surface area contributed by atoms with Crippen molar-refractivity contribution in [3.8, 4) is 5.75 Å². The molecule has 5 nitrogen and oxygen atoms in total. The second kappa shape index (κ2) is 8.48. The second-order valence-electron chi connectivity index (χ2n) is 5.40. The predicted octanol–water partition coefficient (Wildman–Crippen LogP) is 3.66. The molecule has 132 valence electrons. The van der Waals surface area contributed by atoms with Crippen molar-refractivity contribution in [1.82, 2.24) is 0 Å². The number of aryl methyl sites for hydroxylation is 2. The molecule has 0 unspecified atom stereocenters. The summed E-state index contributed by atoms with van der Waals surface area (Å²) in [7, 11) is 0. The Labute approximate surface area is 149 Å². The molecule has 0 aliphatic rings. The van der Waals surface area contributed by atoms with Gasteiger partial charge in [-0.2, -0.15) is 0 Å². The van der Waals surface area contributed by atoms with Crippen molar-refractivity contribution >= 4 is 29.2 Å². The zero-order chi connectivity index (χ0) is 18.4. The summed E-state index contributed by atoms with van der Waals surface area (Å²) in [5.41, 5.74) is 2.29. The molecule has 0 heterocycles. The number of hydrogen-bond donors (Lipinski definition) is 1. The van der Waals surface area contributed by atoms with E-state index in [9.17, 15) is 14.0 Å². The number of halogens is 2. The molecule has 2 aromatic carbocycles. The average molecular weight is 366 g/mol. The van der Waals surface area contributed by atoms with Crippen LogP contribution in [-0.4, -0.2) is 25.1 Å². The Hall–Kier alpha value is -2.60. The number of hydrogen-bond acceptors (Lipinski definition) is 4. The summed E-state index contributed by atoms with van der Waals surface area (Å²) in [4.78, 5) is 23.4. The molecule has 1 N–H and O–H groups in total. The number of carbonyl (C=O) groups excluding carboxylic acids is 2. The lowest BCUT2D eigenvalue weighted by Crippen LogP contribution is -2.23. The van der Waals surface area contributed by atoms with E-state index in [0.717, 1.165) is 17.2 Å². The molecule has 1 amide bonds. The minimum atomic E-state index is -0.674. The Kier molecular flexibility index (Phi) is 6.36. The molecule has 0 saturated heterocycles. The summed E-state index contributed by atoms with van der Waals surface area (Å²) in [6, 6.07) is 9.31. The van der Waals surface area contributed by atoms with Crippen molar-refractivity contribution in [3.05, 3.63) is 58.4 Å². The van der Waals surface area contributed by atoms with Crippen molar-refractivity contribution in [2.45, 2.75) is 13.8 Å². The summed E-state index contributed by atoms with van der Waals surface area (Å²) in [6.07, 6.45) is 0. The molecular formula is C18H17ClFNO4. The second-order valence-corrected chi connectivity index (χ2v) is 5.80. The highest BCUT2D eigenvalue weighted by molar-refractivity contribution is 6.31. The first kappa shape index (κ1) is 18.7. The Morgan fingerprint density at radius 1 is 1.12 bits per heavy atom. The van der Waals surface area contributed by atoms with Crippen LogP contribution in [0.15, 0.2) is 36.4 Å². The molecule has 0 saturated carbocycles. The first-order valence-corrected chi connectivity index (χ1v) is 7.83. The van der Waals surface area contributed by atoms with Crippen LogP contribution < -0.4 is 10.1 Å². The van der Waals surface area contributed by atoms with Crippen LogP contribution in [0, 0.1) is 19.7 Å². The summed E-state index contributed by atoms with van der Waals surface area (Å²) in [6.45, 7) is 3.04. The number of rotatable bonds is 6. The van der Waals surface area contributed by atoms with E-state index in [0.29, 0.717) is 11.4 Å². The van der Waals surface area contributed by atoms with Crippen molar-refractivity contribution in [2.75, 3.05) is 18.5 Å². The minimum absolute atomic E-state index is 0.114. The summed E-state index contributed by atoms with van der Waals surface area (Å²) in [5, 5.41) is 2.33. The molecule has 0 aromatic heterocycles. The molecule has 0 aliphatic heterocycles. The fourth-order valence-corrected chi connectivity index (χ4v) is 2.24. The molecule has 25 heavy (non-hydrogen) atoms. The monoisotopic (exact) mass is 365 g/mol. The van der Waals surface area contributed by atoms with E-state index in [-0.39, 0.29) is 11.6 Å². The van der Waals surface area contributed by atoms with Gasteiger partial charge in [-0.25, -0.2) is 9.18 Å². The summed E-state index contributed by atoms with van der Waals surface area (Å²) < 4.78 is 23.2. The summed E-state index contributed by atoms with van der Waals surface area (Å²) >= 11 is 5.62. The van der Waals surface area contributed by atoms with Crippen molar-refractivity contribution in [3.63, 3.8) is 0 Å². The number of benzene rings is 2. The van der Waals surface area contributed by atoms with Gasteiger partial charge in [0.25, 0.3) is 5.91 Å². The van der Waals surface area contributed by atoms with Crippen molar-refractivity contribution in [1.29, 1.82) is 0 Å². The number of esters is 1. The molecule has 2 aromatic rings. The van der Waals surface area contributed by atoms with Gasteiger partial charge in [0.1, 0.15) is 11.6 Å². The highest BCUT2D eigenvalue weighted by Crippen LogP contribution is 2.20. The van der Waals surface area contributed by atoms with Crippen LogP contribution in [0.1, 0.15) is 11.1 Å². The van der Waals surface area contributed by atoms with Crippen LogP contribution in [0.25, 0.3) is 0 Å². The van der Waals surface area contributed by atoms with Crippen LogP contribution in [0.2, 0.25) is 5.02 Å². The quantitative estimate of drug-likeness (QED) is 0.793. The van der Waals surface area contributed by atoms with E-state index < -0.39 is 24.3 Å². The highest BCUT2D eigenvalue weighted by Gasteiger charge is 2.10. The average Bonchev–Trinajstić information content (AvgIpc) is 2.55. The number of nitrogens with one attached hydrogen (secondary N) is 1. The van der Waals surface area contributed by atoms with Gasteiger partial charge in [-0.3, -0.25) is 4.79 Å². The van der Waals surface area contributed by atoms with Gasteiger partial charge in [-0.15, -0.1) is 0 Å². The fourth-order valence-electron chi connectivity index (χ4n) is 2.06. The predicted molar refractivity (Wildman–Crippen MR) is 92.4 cm³/mol. The third kappa shape index (κ3) is 5.76. The maximum absolute atomic E-state index is 13.0. The molecule has 0 aliphatic carbocycles. The largest absolute Gasteiger partial charge is 0.482 e. The standard InChI is InChI=1S/C18H17ClFNO4/c1-11-3-6-16(12(2)7-11)24-10-18(23)25-9-17(22)21-13-4-5-15(20)14(19)8-13/h3-8H,9-10H2,1-2H3,(H,21,22). The van der Waals surface area contributed by atoms with E-state index in [1.165, 1.54) is 12.1 Å². The Balaban J connectivity index is 1.77. The number of amides is 1. The normalized spacial score (nSPS) is 10.2. The molecule has 7 heteroatoms. The van der Waals surface area contributed by atoms with Gasteiger partial charge in [0.05, 0.1) is 5.02 Å². The van der Waals surface area contributed by atoms with Crippen molar-refractivity contribution in [2.24, 2.45) is 0 Å². The third-order valence-electron chi connectivity index (χ3n) is 3.24. The number of carbonyl (C=O) groups is 2. The maximum atomic E-state index is 13.0. The van der Waals surface area contributed by atoms with Crippen LogP contribution in [0.3, 0.4) is 0 Å². The molecule has 0 bridgehead atoms. The van der Waals surface area contributed by atoms with E-state index in [4.69, 9.17) is 21.1 Å². The Morgan fingerprint density at radius 2 is 1.88 bits per heavy atom. The molecule has 0 spiro atoms. The zero-order valence-corrected chi connectivity index (χ0v) is 14.5. The Bertz CT molecular complexity index is 795. The number of anilines is 1. The van der Waals surface area contributed by atoms with Gasteiger partial charge in [-0.1, -0.05) is 29.3 Å². The smallest absolute Gasteiger partial charge is 0.344 e. The lowest BCUT2D eigenvalue weighted by atomic mass is 10.1. The van der Waals surface area contributed by atoms with Crippen LogP contribution in [0.4, 0.5) is 10.1 Å². The lowest BCUT2D eigenvalue weighted by Gasteiger charge is -2.10. The lowest BCUT2D eigenvalue weighted by molar-refractivity contribution is -0.149. The van der Waals surface area contributed by atoms with E-state index in [1.807, 2.05) is 26.0 Å². The Morgan fingerprint density at radius 3 is 2.56 bits per heavy atom. The van der Waals surface area contributed by atoms with Gasteiger partial charge < -0.3 is 14.8 Å². The fraction of sp³-hybridized carbons (Fsp3) is 0.222. The van der Waals surface area contributed by atoms with Gasteiger partial charge in [0.2, 0.25) is 0 Å². The maximum Gasteiger partial charge on any atom is 0.344 e. The highest BCUT2D eigenvalue weighted by atomic mass is 35.5. The van der Waals surface area contributed by atoms with Crippen LogP contribution >= 0.6 is 11.6 Å². The molecule has 0 atom stereocenters. The molecular weight excluding hydrogens is 349 g/mol. The van der Waals surface area contributed by atoms with Gasteiger partial charge in [0.15, 0.2) is 13.2 Å². The third-order valence-corrected chi connectivity index (χ3v) is 3.53. The summed E-state index contributed by atoms with van der Waals surface area (Å²) in [5.74, 6) is -1.25. The van der Waals surface area contributed by atoms with E-state index >= 15 is 0 Å². The molecule has 2 rings (SSSR count). The minimum Gasteiger partial charge on any atom is -0.482 e. The zero-order valence-electron chi connectivity index (χ0n) is 13.8. The first-order chi connectivity index (χ1) is 11.8. The van der Waals surface area contributed by atoms with Gasteiger partial charge in [-0.05, 0) is 43.7 Å². The van der Waals surface area contributed by atoms with Crippen molar-refractivity contribution < 1.29 is 23.5 Å². The number of ether oxygens (including phenoxy) is 2. The van der Waals surface area contributed by atoms with E-state index in [1.54, 1.807) is 6.07 Å². The molecule has 0 radical (unpaired) electrons.